The van der Waals surface area contributed by atoms with Gasteiger partial charge < -0.3 is 19.5 Å². The fourth-order valence-electron chi connectivity index (χ4n) is 1.41. The minimum atomic E-state index is -1.03. The van der Waals surface area contributed by atoms with Crippen LogP contribution in [0.3, 0.4) is 0 Å². The van der Waals surface area contributed by atoms with Crippen LogP contribution in [0.1, 0.15) is 6.42 Å². The summed E-state index contributed by atoms with van der Waals surface area (Å²) in [4.78, 5) is 23.6. The summed E-state index contributed by atoms with van der Waals surface area (Å²) in [6.07, 6.45) is 0.310. The molecule has 1 amide bonds. The molecule has 0 saturated heterocycles. The standard InChI is InChI=1S/C13H17NO5/c1-14(12(15)7-8-18-2)10-3-5-11(6-4-10)19-9-13(16)17/h3-6H,7-9H2,1-2H3,(H,16,17). The summed E-state index contributed by atoms with van der Waals surface area (Å²) >= 11 is 0. The van der Waals surface area contributed by atoms with Crippen LogP contribution in [0.15, 0.2) is 24.3 Å². The second-order valence-electron chi connectivity index (χ2n) is 3.87. The number of carboxylic acids is 1. The molecule has 1 aromatic carbocycles. The molecule has 1 aromatic rings. The van der Waals surface area contributed by atoms with E-state index in [0.717, 1.165) is 0 Å². The van der Waals surface area contributed by atoms with E-state index in [1.54, 1.807) is 38.4 Å². The van der Waals surface area contributed by atoms with Crippen LogP contribution in [0.2, 0.25) is 0 Å². The van der Waals surface area contributed by atoms with Gasteiger partial charge in [-0.25, -0.2) is 4.79 Å². The molecule has 0 aliphatic heterocycles. The second-order valence-corrected chi connectivity index (χ2v) is 3.87. The summed E-state index contributed by atoms with van der Waals surface area (Å²) in [6.45, 7) is -0.00899. The fraction of sp³-hybridized carbons (Fsp3) is 0.385. The van der Waals surface area contributed by atoms with Gasteiger partial charge in [0.1, 0.15) is 5.75 Å². The molecule has 0 heterocycles. The van der Waals surface area contributed by atoms with Crippen LogP contribution in [-0.2, 0) is 14.3 Å². The van der Waals surface area contributed by atoms with Gasteiger partial charge in [0.15, 0.2) is 6.61 Å². The molecule has 6 nitrogen and oxygen atoms in total. The molecule has 0 unspecified atom stereocenters. The monoisotopic (exact) mass is 267 g/mol. The molecule has 104 valence electrons. The lowest BCUT2D eigenvalue weighted by molar-refractivity contribution is -0.139. The summed E-state index contributed by atoms with van der Waals surface area (Å²) in [5, 5.41) is 8.48. The number of carbonyl (C=O) groups is 2. The fourth-order valence-corrected chi connectivity index (χ4v) is 1.41. The van der Waals surface area contributed by atoms with E-state index in [0.29, 0.717) is 24.5 Å². The van der Waals surface area contributed by atoms with E-state index in [9.17, 15) is 9.59 Å². The summed E-state index contributed by atoms with van der Waals surface area (Å²) in [7, 11) is 3.22. The maximum absolute atomic E-state index is 11.7. The van der Waals surface area contributed by atoms with Gasteiger partial charge in [0.05, 0.1) is 13.0 Å². The molecule has 19 heavy (non-hydrogen) atoms. The predicted molar refractivity (Wildman–Crippen MR) is 69.5 cm³/mol. The third-order valence-corrected chi connectivity index (χ3v) is 2.48. The number of benzene rings is 1. The first-order valence-corrected chi connectivity index (χ1v) is 5.74. The quantitative estimate of drug-likeness (QED) is 0.802. The third-order valence-electron chi connectivity index (χ3n) is 2.48. The molecule has 6 heteroatoms. The molecule has 0 fully saturated rings. The Hall–Kier alpha value is -2.08. The van der Waals surface area contributed by atoms with Crippen molar-refractivity contribution in [1.82, 2.24) is 0 Å². The Morgan fingerprint density at radius 3 is 2.42 bits per heavy atom. The third kappa shape index (κ3) is 4.97. The second kappa shape index (κ2) is 7.38. The maximum atomic E-state index is 11.7. The largest absolute Gasteiger partial charge is 0.482 e. The van der Waals surface area contributed by atoms with Crippen LogP contribution < -0.4 is 9.64 Å². The molecular formula is C13H17NO5. The SMILES string of the molecule is COCCC(=O)N(C)c1ccc(OCC(=O)O)cc1. The average Bonchev–Trinajstić information content (AvgIpc) is 2.42. The van der Waals surface area contributed by atoms with E-state index < -0.39 is 5.97 Å². The number of aliphatic carboxylic acids is 1. The van der Waals surface area contributed by atoms with E-state index in [4.69, 9.17) is 14.6 Å². The number of ether oxygens (including phenoxy) is 2. The summed E-state index contributed by atoms with van der Waals surface area (Å²) in [5.41, 5.74) is 0.712. The van der Waals surface area contributed by atoms with Crippen molar-refractivity contribution in [2.45, 2.75) is 6.42 Å². The number of carbonyl (C=O) groups excluding carboxylic acids is 1. The van der Waals surface area contributed by atoms with Crippen LogP contribution in [0.5, 0.6) is 5.75 Å². The first-order valence-electron chi connectivity index (χ1n) is 5.74. The molecule has 1 N–H and O–H groups in total. The zero-order valence-corrected chi connectivity index (χ0v) is 11.0. The van der Waals surface area contributed by atoms with Gasteiger partial charge in [-0.2, -0.15) is 0 Å². The van der Waals surface area contributed by atoms with Crippen molar-refractivity contribution in [1.29, 1.82) is 0 Å². The molecule has 0 aliphatic rings. The highest BCUT2D eigenvalue weighted by Crippen LogP contribution is 2.19. The van der Waals surface area contributed by atoms with Gasteiger partial charge in [-0.05, 0) is 24.3 Å². The van der Waals surface area contributed by atoms with Gasteiger partial charge in [-0.1, -0.05) is 0 Å². The van der Waals surface area contributed by atoms with Gasteiger partial charge in [-0.3, -0.25) is 4.79 Å². The number of amides is 1. The van der Waals surface area contributed by atoms with Crippen molar-refractivity contribution in [2.75, 3.05) is 32.3 Å². The van der Waals surface area contributed by atoms with Crippen LogP contribution in [0.25, 0.3) is 0 Å². The van der Waals surface area contributed by atoms with Crippen LogP contribution in [0.4, 0.5) is 5.69 Å². The zero-order valence-electron chi connectivity index (χ0n) is 11.0. The van der Waals surface area contributed by atoms with Crippen molar-refractivity contribution in [3.8, 4) is 5.75 Å². The minimum Gasteiger partial charge on any atom is -0.482 e. The van der Waals surface area contributed by atoms with Gasteiger partial charge in [0.25, 0.3) is 0 Å². The number of carboxylic acid groups (broad SMARTS) is 1. The predicted octanol–water partition coefficient (Wildman–Crippen LogP) is 1.15. The van der Waals surface area contributed by atoms with Crippen LogP contribution in [-0.4, -0.2) is 44.4 Å². The Morgan fingerprint density at radius 2 is 1.89 bits per heavy atom. The van der Waals surface area contributed by atoms with E-state index in [-0.39, 0.29) is 12.5 Å². The Labute approximate surface area is 111 Å². The Bertz CT molecular complexity index is 429. The first-order chi connectivity index (χ1) is 9.04. The molecule has 0 bridgehead atoms. The summed E-state index contributed by atoms with van der Waals surface area (Å²) in [5.74, 6) is -0.638. The number of hydrogen-bond acceptors (Lipinski definition) is 4. The Morgan fingerprint density at radius 1 is 1.26 bits per heavy atom. The van der Waals surface area contributed by atoms with Gasteiger partial charge in [0.2, 0.25) is 5.91 Å². The topological polar surface area (TPSA) is 76.1 Å². The Kier molecular flexibility index (Phi) is 5.81. The number of anilines is 1. The van der Waals surface area contributed by atoms with Crippen molar-refractivity contribution < 1.29 is 24.2 Å². The van der Waals surface area contributed by atoms with Gasteiger partial charge >= 0.3 is 5.97 Å². The molecule has 0 aliphatic carbocycles. The van der Waals surface area contributed by atoms with Crippen molar-refractivity contribution in [3.63, 3.8) is 0 Å². The molecule has 0 saturated carbocycles. The van der Waals surface area contributed by atoms with Crippen LogP contribution in [0, 0.1) is 0 Å². The molecule has 0 atom stereocenters. The highest BCUT2D eigenvalue weighted by atomic mass is 16.5. The first kappa shape index (κ1) is 15.0. The number of rotatable bonds is 7. The minimum absolute atomic E-state index is 0.0546. The molecule has 0 aromatic heterocycles. The summed E-state index contributed by atoms with van der Waals surface area (Å²) in [6, 6.07) is 6.64. The smallest absolute Gasteiger partial charge is 0.341 e. The molecular weight excluding hydrogens is 250 g/mol. The average molecular weight is 267 g/mol. The maximum Gasteiger partial charge on any atom is 0.341 e. The lowest BCUT2D eigenvalue weighted by Crippen LogP contribution is -2.26. The number of nitrogens with zero attached hydrogens (tertiary/aromatic N) is 1. The molecule has 0 spiro atoms. The lowest BCUT2D eigenvalue weighted by atomic mass is 10.2. The van der Waals surface area contributed by atoms with E-state index in [2.05, 4.69) is 0 Å². The van der Waals surface area contributed by atoms with Crippen LogP contribution >= 0.6 is 0 Å². The van der Waals surface area contributed by atoms with Crippen molar-refractivity contribution >= 4 is 17.6 Å². The molecule has 1 rings (SSSR count). The number of methoxy groups -OCH3 is 1. The molecule has 0 radical (unpaired) electrons. The normalized spacial score (nSPS) is 10.0. The highest BCUT2D eigenvalue weighted by Gasteiger charge is 2.10. The highest BCUT2D eigenvalue weighted by molar-refractivity contribution is 5.92. The van der Waals surface area contributed by atoms with Crippen molar-refractivity contribution in [2.24, 2.45) is 0 Å². The Balaban J connectivity index is 2.59. The lowest BCUT2D eigenvalue weighted by Gasteiger charge is -2.17. The van der Waals surface area contributed by atoms with Gasteiger partial charge in [0, 0.05) is 19.8 Å². The van der Waals surface area contributed by atoms with E-state index >= 15 is 0 Å². The zero-order chi connectivity index (χ0) is 14.3. The van der Waals surface area contributed by atoms with Crippen molar-refractivity contribution in [3.05, 3.63) is 24.3 Å². The summed E-state index contributed by atoms with van der Waals surface area (Å²) < 4.78 is 9.85. The van der Waals surface area contributed by atoms with E-state index in [1.807, 2.05) is 0 Å². The number of hydrogen-bond donors (Lipinski definition) is 1. The van der Waals surface area contributed by atoms with E-state index in [1.165, 1.54) is 4.90 Å². The van der Waals surface area contributed by atoms with Gasteiger partial charge in [-0.15, -0.1) is 0 Å².